The van der Waals surface area contributed by atoms with Gasteiger partial charge >= 0.3 is 12.4 Å². The average Bonchev–Trinajstić information content (AvgIpc) is 3.56. The molecule has 2 aliphatic rings. The summed E-state index contributed by atoms with van der Waals surface area (Å²) in [7, 11) is 1.23. The molecule has 0 radical (unpaired) electrons. The van der Waals surface area contributed by atoms with Crippen LogP contribution in [0.1, 0.15) is 72.5 Å². The van der Waals surface area contributed by atoms with Gasteiger partial charge in [-0.2, -0.15) is 26.3 Å². The molecule has 11 heteroatoms. The van der Waals surface area contributed by atoms with Crippen molar-refractivity contribution in [3.63, 3.8) is 0 Å². The molecule has 2 aromatic rings. The molecule has 5 nitrogen and oxygen atoms in total. The van der Waals surface area contributed by atoms with Crippen LogP contribution in [0.5, 0.6) is 0 Å². The normalized spacial score (nSPS) is 17.2. The number of aryl methyl sites for hydroxylation is 2. The summed E-state index contributed by atoms with van der Waals surface area (Å²) in [5, 5.41) is 10.6. The molecule has 1 saturated carbocycles. The fourth-order valence-electron chi connectivity index (χ4n) is 5.69. The number of aliphatic hydroxyl groups excluding tert-OH is 1. The standard InChI is InChI=1S/C28H35F6N3O2/c1-3-36(15-18-7-4-5-8-18)25-21(13-20-9-6-10-24(20)35-25)17-37(26(38)39-2)16-19-11-22(27(29,30)31)14-23(12-19)28(32,33)34/h11-14,18,26,38H,3-10,15-17H2,1-2H3. The number of fused-ring (bicyclic) bond motifs is 1. The van der Waals surface area contributed by atoms with Gasteiger partial charge in [0.15, 0.2) is 0 Å². The molecule has 4 rings (SSSR count). The number of hydrogen-bond acceptors (Lipinski definition) is 5. The zero-order valence-corrected chi connectivity index (χ0v) is 22.2. The second kappa shape index (κ2) is 12.0. The number of benzene rings is 1. The largest absolute Gasteiger partial charge is 0.416 e. The van der Waals surface area contributed by atoms with Gasteiger partial charge in [-0.05, 0) is 80.3 Å². The summed E-state index contributed by atoms with van der Waals surface area (Å²) in [6, 6.07) is 3.49. The summed E-state index contributed by atoms with van der Waals surface area (Å²) in [5.41, 5.74) is -0.168. The molecule has 1 unspecified atom stereocenters. The number of rotatable bonds is 10. The monoisotopic (exact) mass is 559 g/mol. The number of nitrogens with zero attached hydrogens (tertiary/aromatic N) is 3. The molecule has 1 heterocycles. The van der Waals surface area contributed by atoms with Crippen molar-refractivity contribution >= 4 is 5.82 Å². The van der Waals surface area contributed by atoms with Crippen LogP contribution in [0.25, 0.3) is 0 Å². The Kier molecular flexibility index (Phi) is 9.12. The Labute approximate surface area is 224 Å². The van der Waals surface area contributed by atoms with Gasteiger partial charge in [-0.1, -0.05) is 12.8 Å². The highest BCUT2D eigenvalue weighted by atomic mass is 19.4. The van der Waals surface area contributed by atoms with E-state index in [0.29, 0.717) is 24.6 Å². The number of anilines is 1. The number of pyridine rings is 1. The molecule has 1 aromatic heterocycles. The SMILES string of the molecule is CCN(CC1CCCC1)c1nc2c(cc1CN(Cc1cc(C(F)(F)F)cc(C(F)(F)F)c1)C(O)OC)CCC2. The van der Waals surface area contributed by atoms with Crippen molar-refractivity contribution in [2.24, 2.45) is 5.92 Å². The Morgan fingerprint density at radius 1 is 0.949 bits per heavy atom. The van der Waals surface area contributed by atoms with E-state index in [9.17, 15) is 31.4 Å². The molecule has 1 aromatic carbocycles. The van der Waals surface area contributed by atoms with Crippen molar-refractivity contribution in [1.29, 1.82) is 0 Å². The number of hydrogen-bond donors (Lipinski definition) is 1. The second-order valence-corrected chi connectivity index (χ2v) is 10.5. The minimum absolute atomic E-state index is 0.0311. The molecular weight excluding hydrogens is 524 g/mol. The van der Waals surface area contributed by atoms with Gasteiger partial charge in [-0.15, -0.1) is 0 Å². The van der Waals surface area contributed by atoms with Crippen molar-refractivity contribution in [3.8, 4) is 0 Å². The van der Waals surface area contributed by atoms with E-state index in [1.807, 2.05) is 13.0 Å². The molecule has 0 spiro atoms. The van der Waals surface area contributed by atoms with E-state index < -0.39 is 36.4 Å². The first-order valence-corrected chi connectivity index (χ1v) is 13.4. The summed E-state index contributed by atoms with van der Waals surface area (Å²) in [6.45, 7) is 3.20. The predicted octanol–water partition coefficient (Wildman–Crippen LogP) is 6.55. The Balaban J connectivity index is 1.69. The molecule has 0 saturated heterocycles. The van der Waals surface area contributed by atoms with E-state index in [4.69, 9.17) is 9.72 Å². The van der Waals surface area contributed by atoms with Crippen LogP contribution >= 0.6 is 0 Å². The highest BCUT2D eigenvalue weighted by Crippen LogP contribution is 2.37. The molecule has 39 heavy (non-hydrogen) atoms. The molecule has 1 atom stereocenters. The summed E-state index contributed by atoms with van der Waals surface area (Å²) < 4.78 is 85.8. The fraction of sp³-hybridized carbons (Fsp3) is 0.607. The van der Waals surface area contributed by atoms with Crippen LogP contribution in [0.2, 0.25) is 0 Å². The first-order valence-electron chi connectivity index (χ1n) is 13.4. The van der Waals surface area contributed by atoms with Gasteiger partial charge in [0.25, 0.3) is 0 Å². The van der Waals surface area contributed by atoms with E-state index in [1.165, 1.54) is 24.9 Å². The quantitative estimate of drug-likeness (QED) is 0.264. The van der Waals surface area contributed by atoms with Gasteiger partial charge < -0.3 is 14.7 Å². The van der Waals surface area contributed by atoms with Crippen LogP contribution in [-0.2, 0) is 43.0 Å². The lowest BCUT2D eigenvalue weighted by Gasteiger charge is -2.31. The average molecular weight is 560 g/mol. The van der Waals surface area contributed by atoms with E-state index in [-0.39, 0.29) is 18.2 Å². The third kappa shape index (κ3) is 7.24. The van der Waals surface area contributed by atoms with Gasteiger partial charge in [-0.25, -0.2) is 9.88 Å². The van der Waals surface area contributed by atoms with Crippen LogP contribution in [0.4, 0.5) is 32.2 Å². The number of alkyl halides is 6. The molecule has 2 aliphatic carbocycles. The van der Waals surface area contributed by atoms with Crippen LogP contribution in [0, 0.1) is 5.92 Å². The molecule has 216 valence electrons. The lowest BCUT2D eigenvalue weighted by molar-refractivity contribution is -0.184. The Bertz CT molecular complexity index is 1100. The zero-order valence-electron chi connectivity index (χ0n) is 22.2. The maximum absolute atomic E-state index is 13.5. The molecule has 1 N–H and O–H groups in total. The summed E-state index contributed by atoms with van der Waals surface area (Å²) >= 11 is 0. The number of aliphatic hydroxyl groups is 1. The Morgan fingerprint density at radius 2 is 1.59 bits per heavy atom. The second-order valence-electron chi connectivity index (χ2n) is 10.5. The van der Waals surface area contributed by atoms with Gasteiger partial charge in [0.1, 0.15) is 5.82 Å². The Hall–Kier alpha value is -2.37. The highest BCUT2D eigenvalue weighted by Gasteiger charge is 2.37. The molecule has 0 aliphatic heterocycles. The van der Waals surface area contributed by atoms with Crippen molar-refractivity contribution in [2.45, 2.75) is 83.7 Å². The van der Waals surface area contributed by atoms with Crippen molar-refractivity contribution in [3.05, 3.63) is 57.8 Å². The first kappa shape index (κ1) is 29.6. The van der Waals surface area contributed by atoms with Gasteiger partial charge in [-0.3, -0.25) is 0 Å². The zero-order chi connectivity index (χ0) is 28.4. The van der Waals surface area contributed by atoms with Gasteiger partial charge in [0.05, 0.1) is 11.1 Å². The lowest BCUT2D eigenvalue weighted by atomic mass is 10.0. The predicted molar refractivity (Wildman–Crippen MR) is 135 cm³/mol. The van der Waals surface area contributed by atoms with E-state index in [2.05, 4.69) is 4.90 Å². The van der Waals surface area contributed by atoms with E-state index in [0.717, 1.165) is 61.3 Å². The molecule has 0 bridgehead atoms. The van der Waals surface area contributed by atoms with Crippen LogP contribution < -0.4 is 4.90 Å². The van der Waals surface area contributed by atoms with Crippen molar-refractivity contribution in [2.75, 3.05) is 25.1 Å². The first-order chi connectivity index (χ1) is 18.4. The summed E-state index contributed by atoms with van der Waals surface area (Å²) in [4.78, 5) is 8.51. The van der Waals surface area contributed by atoms with Crippen molar-refractivity contribution < 1.29 is 36.2 Å². The number of aromatic nitrogens is 1. The minimum atomic E-state index is -4.96. The third-order valence-corrected chi connectivity index (χ3v) is 7.67. The topological polar surface area (TPSA) is 48.8 Å². The van der Waals surface area contributed by atoms with Crippen LogP contribution in [-0.4, -0.2) is 41.6 Å². The summed E-state index contributed by atoms with van der Waals surface area (Å²) in [6.07, 6.45) is -4.13. The smallest absolute Gasteiger partial charge is 0.356 e. The van der Waals surface area contributed by atoms with E-state index in [1.54, 1.807) is 0 Å². The van der Waals surface area contributed by atoms with Crippen LogP contribution in [0.3, 0.4) is 0 Å². The number of methoxy groups -OCH3 is 1. The molecule has 1 fully saturated rings. The maximum atomic E-state index is 13.5. The van der Waals surface area contributed by atoms with Gasteiger partial charge in [0, 0.05) is 44.5 Å². The minimum Gasteiger partial charge on any atom is -0.356 e. The highest BCUT2D eigenvalue weighted by molar-refractivity contribution is 5.51. The maximum Gasteiger partial charge on any atom is 0.416 e. The molecule has 0 amide bonds. The molecular formula is C28H35F6N3O2. The fourth-order valence-corrected chi connectivity index (χ4v) is 5.69. The third-order valence-electron chi connectivity index (χ3n) is 7.67. The number of ether oxygens (including phenoxy) is 1. The number of halogens is 6. The summed E-state index contributed by atoms with van der Waals surface area (Å²) in [5.74, 6) is 1.29. The lowest BCUT2D eigenvalue weighted by Crippen LogP contribution is -2.37. The van der Waals surface area contributed by atoms with Crippen molar-refractivity contribution in [1.82, 2.24) is 9.88 Å². The Morgan fingerprint density at radius 3 is 2.15 bits per heavy atom. The van der Waals surface area contributed by atoms with Gasteiger partial charge in [0.2, 0.25) is 6.41 Å². The van der Waals surface area contributed by atoms with E-state index >= 15 is 0 Å². The van der Waals surface area contributed by atoms with Crippen LogP contribution in [0.15, 0.2) is 24.3 Å².